The van der Waals surface area contributed by atoms with Crippen LogP contribution in [0.5, 0.6) is 0 Å². The van der Waals surface area contributed by atoms with E-state index in [4.69, 9.17) is 11.6 Å². The van der Waals surface area contributed by atoms with Gasteiger partial charge in [-0.1, -0.05) is 30.3 Å². The monoisotopic (exact) mass is 235 g/mol. The van der Waals surface area contributed by atoms with E-state index in [9.17, 15) is 4.79 Å². The molecular weight excluding hydrogens is 222 g/mol. The van der Waals surface area contributed by atoms with Crippen LogP contribution in [0.1, 0.15) is 24.3 Å². The Morgan fingerprint density at radius 3 is 2.75 bits per heavy atom. The maximum atomic E-state index is 11.6. The van der Waals surface area contributed by atoms with Gasteiger partial charge in [0.05, 0.1) is 0 Å². The summed E-state index contributed by atoms with van der Waals surface area (Å²) in [5.41, 5.74) is 0.809. The van der Waals surface area contributed by atoms with Gasteiger partial charge in [-0.15, -0.1) is 23.4 Å². The molecule has 0 aliphatic rings. The molecule has 1 rings (SSSR count). The SMILES string of the molecule is CC#CCCNC(=O)C(Cl)c1ccccc1. The lowest BCUT2D eigenvalue weighted by molar-refractivity contribution is -0.120. The minimum atomic E-state index is -0.629. The largest absolute Gasteiger partial charge is 0.354 e. The number of nitrogens with one attached hydrogen (secondary N) is 1. The second kappa shape index (κ2) is 6.92. The van der Waals surface area contributed by atoms with Gasteiger partial charge < -0.3 is 5.32 Å². The fraction of sp³-hybridized carbons (Fsp3) is 0.308. The first-order valence-corrected chi connectivity index (χ1v) is 5.55. The van der Waals surface area contributed by atoms with Crippen molar-refractivity contribution in [3.8, 4) is 11.8 Å². The van der Waals surface area contributed by atoms with Crippen LogP contribution in [0.15, 0.2) is 30.3 Å². The lowest BCUT2D eigenvalue weighted by atomic mass is 10.1. The first-order valence-electron chi connectivity index (χ1n) is 5.12. The summed E-state index contributed by atoms with van der Waals surface area (Å²) in [6.07, 6.45) is 0.653. The molecule has 0 spiro atoms. The van der Waals surface area contributed by atoms with E-state index < -0.39 is 5.38 Å². The lowest BCUT2D eigenvalue weighted by Crippen LogP contribution is -2.27. The van der Waals surface area contributed by atoms with Gasteiger partial charge in [-0.2, -0.15) is 0 Å². The van der Waals surface area contributed by atoms with Crippen molar-refractivity contribution >= 4 is 17.5 Å². The minimum absolute atomic E-state index is 0.175. The average Bonchev–Trinajstić information content (AvgIpc) is 2.34. The van der Waals surface area contributed by atoms with Gasteiger partial charge in [0, 0.05) is 13.0 Å². The highest BCUT2D eigenvalue weighted by atomic mass is 35.5. The molecule has 1 N–H and O–H groups in total. The maximum absolute atomic E-state index is 11.6. The molecule has 0 aromatic heterocycles. The number of carbonyl (C=O) groups excluding carboxylic acids is 1. The second-order valence-electron chi connectivity index (χ2n) is 3.24. The van der Waals surface area contributed by atoms with Crippen LogP contribution in [0.4, 0.5) is 0 Å². The number of hydrogen-bond acceptors (Lipinski definition) is 1. The zero-order valence-corrected chi connectivity index (χ0v) is 9.92. The normalized spacial score (nSPS) is 11.1. The summed E-state index contributed by atoms with van der Waals surface area (Å²) in [4.78, 5) is 11.6. The molecule has 1 aromatic rings. The fourth-order valence-corrected chi connectivity index (χ4v) is 1.46. The van der Waals surface area contributed by atoms with Crippen molar-refractivity contribution in [3.63, 3.8) is 0 Å². The number of benzene rings is 1. The molecule has 3 heteroatoms. The number of halogens is 1. The molecule has 0 bridgehead atoms. The predicted octanol–water partition coefficient (Wildman–Crippen LogP) is 2.50. The Morgan fingerprint density at radius 1 is 1.44 bits per heavy atom. The molecule has 1 atom stereocenters. The van der Waals surface area contributed by atoms with E-state index >= 15 is 0 Å². The van der Waals surface area contributed by atoms with Gasteiger partial charge in [-0.3, -0.25) is 4.79 Å². The molecule has 0 heterocycles. The van der Waals surface area contributed by atoms with Crippen LogP contribution in [0.25, 0.3) is 0 Å². The number of carbonyl (C=O) groups is 1. The van der Waals surface area contributed by atoms with Crippen LogP contribution in [0.2, 0.25) is 0 Å². The number of hydrogen-bond donors (Lipinski definition) is 1. The Balaban J connectivity index is 2.44. The molecule has 1 unspecified atom stereocenters. The zero-order valence-electron chi connectivity index (χ0n) is 9.16. The highest BCUT2D eigenvalue weighted by Crippen LogP contribution is 2.19. The fourth-order valence-electron chi connectivity index (χ4n) is 1.24. The molecular formula is C13H14ClNO. The van der Waals surface area contributed by atoms with Crippen molar-refractivity contribution in [1.82, 2.24) is 5.32 Å². The Bertz CT molecular complexity index is 391. The van der Waals surface area contributed by atoms with Gasteiger partial charge in [-0.25, -0.2) is 0 Å². The van der Waals surface area contributed by atoms with Crippen LogP contribution in [0, 0.1) is 11.8 Å². The van der Waals surface area contributed by atoms with Gasteiger partial charge in [0.25, 0.3) is 0 Å². The highest BCUT2D eigenvalue weighted by Gasteiger charge is 2.15. The average molecular weight is 236 g/mol. The molecule has 2 nitrogen and oxygen atoms in total. The van der Waals surface area contributed by atoms with Crippen LogP contribution in [0.3, 0.4) is 0 Å². The number of amides is 1. The van der Waals surface area contributed by atoms with E-state index in [0.29, 0.717) is 13.0 Å². The van der Waals surface area contributed by atoms with E-state index in [1.54, 1.807) is 6.92 Å². The Kier molecular flexibility index (Phi) is 5.45. The third-order valence-corrected chi connectivity index (χ3v) is 2.50. The van der Waals surface area contributed by atoms with Crippen LogP contribution < -0.4 is 5.32 Å². The molecule has 0 aliphatic carbocycles. The summed E-state index contributed by atoms with van der Waals surface area (Å²) >= 11 is 6.02. The molecule has 0 aliphatic heterocycles. The van der Waals surface area contributed by atoms with Crippen molar-refractivity contribution in [2.24, 2.45) is 0 Å². The van der Waals surface area contributed by atoms with Crippen LogP contribution in [-0.2, 0) is 4.79 Å². The summed E-state index contributed by atoms with van der Waals surface area (Å²) in [5.74, 6) is 5.47. The van der Waals surface area contributed by atoms with Gasteiger partial charge in [0.15, 0.2) is 0 Å². The summed E-state index contributed by atoms with van der Waals surface area (Å²) in [6, 6.07) is 9.29. The van der Waals surface area contributed by atoms with E-state index in [1.165, 1.54) is 0 Å². The third kappa shape index (κ3) is 3.96. The first-order chi connectivity index (χ1) is 7.75. The van der Waals surface area contributed by atoms with E-state index in [2.05, 4.69) is 17.2 Å². The highest BCUT2D eigenvalue weighted by molar-refractivity contribution is 6.30. The molecule has 0 saturated heterocycles. The molecule has 16 heavy (non-hydrogen) atoms. The Labute approximate surface area is 101 Å². The quantitative estimate of drug-likeness (QED) is 0.485. The summed E-state index contributed by atoms with van der Waals surface area (Å²) < 4.78 is 0. The van der Waals surface area contributed by atoms with E-state index in [0.717, 1.165) is 5.56 Å². The van der Waals surface area contributed by atoms with Crippen molar-refractivity contribution in [1.29, 1.82) is 0 Å². The number of alkyl halides is 1. The number of rotatable bonds is 4. The second-order valence-corrected chi connectivity index (χ2v) is 3.68. The smallest absolute Gasteiger partial charge is 0.242 e. The van der Waals surface area contributed by atoms with Crippen molar-refractivity contribution in [3.05, 3.63) is 35.9 Å². The van der Waals surface area contributed by atoms with Gasteiger partial charge >= 0.3 is 0 Å². The summed E-state index contributed by atoms with van der Waals surface area (Å²) in [5, 5.41) is 2.11. The molecule has 0 fully saturated rings. The molecule has 84 valence electrons. The first kappa shape index (κ1) is 12.6. The standard InChI is InChI=1S/C13H14ClNO/c1-2-3-7-10-15-13(16)12(14)11-8-5-4-6-9-11/h4-6,8-9,12H,7,10H2,1H3,(H,15,16). The van der Waals surface area contributed by atoms with Gasteiger partial charge in [0.1, 0.15) is 5.38 Å². The molecule has 0 radical (unpaired) electrons. The maximum Gasteiger partial charge on any atom is 0.242 e. The van der Waals surface area contributed by atoms with Crippen molar-refractivity contribution in [2.75, 3.05) is 6.54 Å². The zero-order chi connectivity index (χ0) is 11.8. The predicted molar refractivity (Wildman–Crippen MR) is 66.1 cm³/mol. The molecule has 1 amide bonds. The van der Waals surface area contributed by atoms with E-state index in [1.807, 2.05) is 30.3 Å². The topological polar surface area (TPSA) is 29.1 Å². The molecule has 0 saturated carbocycles. The van der Waals surface area contributed by atoms with E-state index in [-0.39, 0.29) is 5.91 Å². The minimum Gasteiger partial charge on any atom is -0.354 e. The van der Waals surface area contributed by atoms with Crippen molar-refractivity contribution < 1.29 is 4.79 Å². The summed E-state index contributed by atoms with van der Waals surface area (Å²) in [7, 11) is 0. The van der Waals surface area contributed by atoms with Gasteiger partial charge in [0.2, 0.25) is 5.91 Å². The van der Waals surface area contributed by atoms with Crippen molar-refractivity contribution in [2.45, 2.75) is 18.7 Å². The lowest BCUT2D eigenvalue weighted by Gasteiger charge is -2.09. The Morgan fingerprint density at radius 2 is 2.12 bits per heavy atom. The third-order valence-electron chi connectivity index (χ3n) is 2.05. The molecule has 1 aromatic carbocycles. The van der Waals surface area contributed by atoms with Gasteiger partial charge in [-0.05, 0) is 12.5 Å². The summed E-state index contributed by atoms with van der Waals surface area (Å²) in [6.45, 7) is 2.31. The van der Waals surface area contributed by atoms with Crippen LogP contribution >= 0.6 is 11.6 Å². The Hall–Kier alpha value is -1.46. The van der Waals surface area contributed by atoms with Crippen LogP contribution in [-0.4, -0.2) is 12.5 Å².